The highest BCUT2D eigenvalue weighted by molar-refractivity contribution is 5.81. The third kappa shape index (κ3) is 2.66. The van der Waals surface area contributed by atoms with E-state index in [9.17, 15) is 18.0 Å². The van der Waals surface area contributed by atoms with Gasteiger partial charge in [-0.15, -0.1) is 0 Å². The molecule has 0 aliphatic carbocycles. The SMILES string of the molecule is CC1CC(=O)CCN1c1cccc(C(F)(F)F)c1. The lowest BCUT2D eigenvalue weighted by molar-refractivity contribution is -0.137. The highest BCUT2D eigenvalue weighted by Gasteiger charge is 2.31. The normalized spacial score (nSPS) is 21.2. The lowest BCUT2D eigenvalue weighted by Gasteiger charge is -2.35. The predicted molar refractivity (Wildman–Crippen MR) is 62.5 cm³/mol. The largest absolute Gasteiger partial charge is 0.416 e. The summed E-state index contributed by atoms with van der Waals surface area (Å²) >= 11 is 0. The third-order valence-electron chi connectivity index (χ3n) is 3.19. The lowest BCUT2D eigenvalue weighted by Crippen LogP contribution is -2.41. The van der Waals surface area contributed by atoms with Gasteiger partial charge in [-0.05, 0) is 25.1 Å². The fourth-order valence-electron chi connectivity index (χ4n) is 2.25. The first-order chi connectivity index (χ1) is 8.38. The molecule has 1 fully saturated rings. The molecular formula is C13H14F3NO. The number of nitrogens with zero attached hydrogens (tertiary/aromatic N) is 1. The van der Waals surface area contributed by atoms with Crippen LogP contribution in [0.15, 0.2) is 24.3 Å². The van der Waals surface area contributed by atoms with Crippen molar-refractivity contribution in [3.8, 4) is 0 Å². The van der Waals surface area contributed by atoms with Crippen molar-refractivity contribution in [1.82, 2.24) is 0 Å². The summed E-state index contributed by atoms with van der Waals surface area (Å²) in [6.07, 6.45) is -3.53. The zero-order valence-electron chi connectivity index (χ0n) is 10.00. The number of rotatable bonds is 1. The molecule has 1 saturated heterocycles. The second-order valence-electron chi connectivity index (χ2n) is 4.58. The van der Waals surface area contributed by atoms with E-state index in [1.807, 2.05) is 11.8 Å². The maximum atomic E-state index is 12.6. The molecule has 2 rings (SSSR count). The molecule has 5 heteroatoms. The first-order valence-corrected chi connectivity index (χ1v) is 5.83. The van der Waals surface area contributed by atoms with Crippen molar-refractivity contribution >= 4 is 11.5 Å². The van der Waals surface area contributed by atoms with Gasteiger partial charge in [-0.2, -0.15) is 13.2 Å². The van der Waals surface area contributed by atoms with E-state index >= 15 is 0 Å². The van der Waals surface area contributed by atoms with Crippen LogP contribution in [0.25, 0.3) is 0 Å². The smallest absolute Gasteiger partial charge is 0.368 e. The number of carbonyl (C=O) groups excluding carboxylic acids is 1. The maximum Gasteiger partial charge on any atom is 0.416 e. The zero-order chi connectivity index (χ0) is 13.3. The van der Waals surface area contributed by atoms with Crippen LogP contribution in [0.2, 0.25) is 0 Å². The Morgan fingerprint density at radius 1 is 1.33 bits per heavy atom. The standard InChI is InChI=1S/C13H14F3NO/c1-9-7-12(18)5-6-17(9)11-4-2-3-10(8-11)13(14,15)16/h2-4,8-9H,5-7H2,1H3. The Morgan fingerprint density at radius 2 is 2.06 bits per heavy atom. The van der Waals surface area contributed by atoms with Gasteiger partial charge in [0.15, 0.2) is 0 Å². The summed E-state index contributed by atoms with van der Waals surface area (Å²) < 4.78 is 37.9. The quantitative estimate of drug-likeness (QED) is 0.769. The Hall–Kier alpha value is -1.52. The number of ketones is 1. The van der Waals surface area contributed by atoms with Gasteiger partial charge >= 0.3 is 6.18 Å². The monoisotopic (exact) mass is 257 g/mol. The first kappa shape index (κ1) is 12.9. The van der Waals surface area contributed by atoms with Crippen molar-refractivity contribution in [3.05, 3.63) is 29.8 Å². The Morgan fingerprint density at radius 3 is 2.67 bits per heavy atom. The number of alkyl halides is 3. The topological polar surface area (TPSA) is 20.3 Å². The number of hydrogen-bond donors (Lipinski definition) is 0. The van der Waals surface area contributed by atoms with Gasteiger partial charge in [0.1, 0.15) is 5.78 Å². The van der Waals surface area contributed by atoms with Crippen molar-refractivity contribution in [2.75, 3.05) is 11.4 Å². The van der Waals surface area contributed by atoms with Crippen LogP contribution >= 0.6 is 0 Å². The van der Waals surface area contributed by atoms with Crippen molar-refractivity contribution in [2.45, 2.75) is 32.0 Å². The Kier molecular flexibility index (Phi) is 3.32. The molecule has 1 aliphatic heterocycles. The van der Waals surface area contributed by atoms with Gasteiger partial charge < -0.3 is 4.90 Å². The van der Waals surface area contributed by atoms with Crippen molar-refractivity contribution in [2.24, 2.45) is 0 Å². The van der Waals surface area contributed by atoms with Gasteiger partial charge in [0.25, 0.3) is 0 Å². The van der Waals surface area contributed by atoms with E-state index < -0.39 is 11.7 Å². The van der Waals surface area contributed by atoms with Crippen LogP contribution in [0, 0.1) is 0 Å². The molecule has 0 radical (unpaired) electrons. The molecule has 1 aromatic rings. The second kappa shape index (κ2) is 4.63. The van der Waals surface area contributed by atoms with Crippen LogP contribution in [0.1, 0.15) is 25.3 Å². The summed E-state index contributed by atoms with van der Waals surface area (Å²) in [7, 11) is 0. The minimum atomic E-state index is -4.33. The van der Waals surface area contributed by atoms with E-state index in [0.717, 1.165) is 12.1 Å². The summed E-state index contributed by atoms with van der Waals surface area (Å²) in [4.78, 5) is 13.1. The summed E-state index contributed by atoms with van der Waals surface area (Å²) in [5.74, 6) is 0.172. The van der Waals surface area contributed by atoms with Crippen LogP contribution in [-0.2, 0) is 11.0 Å². The Labute approximate surface area is 103 Å². The van der Waals surface area contributed by atoms with E-state index in [1.54, 1.807) is 6.07 Å². The number of halogens is 3. The number of anilines is 1. The van der Waals surface area contributed by atoms with Gasteiger partial charge in [-0.1, -0.05) is 6.07 Å². The van der Waals surface area contributed by atoms with E-state index in [1.165, 1.54) is 6.07 Å². The summed E-state index contributed by atoms with van der Waals surface area (Å²) in [6, 6.07) is 5.22. The van der Waals surface area contributed by atoms with E-state index in [4.69, 9.17) is 0 Å². The van der Waals surface area contributed by atoms with E-state index in [2.05, 4.69) is 0 Å². The third-order valence-corrected chi connectivity index (χ3v) is 3.19. The number of hydrogen-bond acceptors (Lipinski definition) is 2. The molecule has 1 atom stereocenters. The van der Waals surface area contributed by atoms with Crippen LogP contribution in [0.3, 0.4) is 0 Å². The zero-order valence-corrected chi connectivity index (χ0v) is 10.00. The van der Waals surface area contributed by atoms with Gasteiger partial charge in [0.2, 0.25) is 0 Å². The van der Waals surface area contributed by atoms with Gasteiger partial charge in [-0.3, -0.25) is 4.79 Å². The molecule has 1 heterocycles. The number of carbonyl (C=O) groups is 1. The molecule has 0 N–H and O–H groups in total. The van der Waals surface area contributed by atoms with Crippen molar-refractivity contribution < 1.29 is 18.0 Å². The maximum absolute atomic E-state index is 12.6. The van der Waals surface area contributed by atoms with Crippen LogP contribution < -0.4 is 4.90 Å². The van der Waals surface area contributed by atoms with Crippen LogP contribution in [0.4, 0.5) is 18.9 Å². The van der Waals surface area contributed by atoms with Crippen molar-refractivity contribution in [3.63, 3.8) is 0 Å². The lowest BCUT2D eigenvalue weighted by atomic mass is 10.0. The molecule has 0 aromatic heterocycles. The predicted octanol–water partition coefficient (Wildman–Crippen LogP) is 3.26. The summed E-state index contributed by atoms with van der Waals surface area (Å²) in [6.45, 7) is 2.35. The minimum Gasteiger partial charge on any atom is -0.368 e. The first-order valence-electron chi connectivity index (χ1n) is 5.83. The molecule has 0 saturated carbocycles. The van der Waals surface area contributed by atoms with Gasteiger partial charge in [0, 0.05) is 31.1 Å². The molecule has 1 aromatic carbocycles. The molecule has 0 amide bonds. The Bertz CT molecular complexity index is 456. The average molecular weight is 257 g/mol. The minimum absolute atomic E-state index is 0.0465. The summed E-state index contributed by atoms with van der Waals surface area (Å²) in [5.41, 5.74) is -0.117. The Balaban J connectivity index is 2.26. The van der Waals surface area contributed by atoms with Crippen LogP contribution in [0.5, 0.6) is 0 Å². The molecule has 0 spiro atoms. The fourth-order valence-corrected chi connectivity index (χ4v) is 2.25. The summed E-state index contributed by atoms with van der Waals surface area (Å²) in [5, 5.41) is 0. The fraction of sp³-hybridized carbons (Fsp3) is 0.462. The van der Waals surface area contributed by atoms with Crippen LogP contribution in [-0.4, -0.2) is 18.4 Å². The molecule has 1 unspecified atom stereocenters. The molecule has 1 aliphatic rings. The number of piperidine rings is 1. The second-order valence-corrected chi connectivity index (χ2v) is 4.58. The highest BCUT2D eigenvalue weighted by atomic mass is 19.4. The number of benzene rings is 1. The molecule has 18 heavy (non-hydrogen) atoms. The van der Waals surface area contributed by atoms with Crippen molar-refractivity contribution in [1.29, 1.82) is 0 Å². The molecule has 98 valence electrons. The van der Waals surface area contributed by atoms with E-state index in [-0.39, 0.29) is 11.8 Å². The van der Waals surface area contributed by atoms with E-state index in [0.29, 0.717) is 25.1 Å². The average Bonchev–Trinajstić information content (AvgIpc) is 2.28. The molecule has 2 nitrogen and oxygen atoms in total. The highest BCUT2D eigenvalue weighted by Crippen LogP contribution is 2.33. The molecule has 0 bridgehead atoms. The molecular weight excluding hydrogens is 243 g/mol. The van der Waals surface area contributed by atoms with Gasteiger partial charge in [-0.25, -0.2) is 0 Å². The number of Topliss-reactive ketones (excluding diaryl/α,β-unsaturated/α-hetero) is 1. The van der Waals surface area contributed by atoms with Gasteiger partial charge in [0.05, 0.1) is 5.56 Å².